The second kappa shape index (κ2) is 13.2. The maximum absolute atomic E-state index is 5.54. The van der Waals surface area contributed by atoms with Crippen molar-refractivity contribution in [1.82, 2.24) is 4.90 Å². The molecule has 0 bridgehead atoms. The predicted octanol–water partition coefficient (Wildman–Crippen LogP) is 0.725. The summed E-state index contributed by atoms with van der Waals surface area (Å²) < 4.78 is 15.7. The highest BCUT2D eigenvalue weighted by Gasteiger charge is 2.07. The molecule has 0 aliphatic carbocycles. The number of rotatable bonds is 13. The van der Waals surface area contributed by atoms with Crippen LogP contribution in [0, 0.1) is 0 Å². The predicted molar refractivity (Wildman–Crippen MR) is 73.9 cm³/mol. The van der Waals surface area contributed by atoms with Gasteiger partial charge in [-0.25, -0.2) is 0 Å². The normalized spacial score (nSPS) is 11.7. The van der Waals surface area contributed by atoms with Crippen molar-refractivity contribution in [1.29, 1.82) is 0 Å². The minimum absolute atomic E-state index is 0.540. The molecular formula is C13H30N2O3. The van der Waals surface area contributed by atoms with E-state index >= 15 is 0 Å². The summed E-state index contributed by atoms with van der Waals surface area (Å²) in [6, 6.07) is 0.540. The molecule has 0 spiro atoms. The van der Waals surface area contributed by atoms with Crippen LogP contribution < -0.4 is 5.73 Å². The Morgan fingerprint density at radius 2 is 1.56 bits per heavy atom. The molecular weight excluding hydrogens is 232 g/mol. The van der Waals surface area contributed by atoms with Crippen molar-refractivity contribution < 1.29 is 14.2 Å². The fourth-order valence-corrected chi connectivity index (χ4v) is 1.57. The van der Waals surface area contributed by atoms with E-state index in [2.05, 4.69) is 18.7 Å². The van der Waals surface area contributed by atoms with E-state index in [9.17, 15) is 0 Å². The average molecular weight is 262 g/mol. The first-order valence-electron chi connectivity index (χ1n) is 6.81. The minimum atomic E-state index is 0.540. The summed E-state index contributed by atoms with van der Waals surface area (Å²) in [7, 11) is 1.67. The first-order valence-corrected chi connectivity index (χ1v) is 6.81. The Morgan fingerprint density at radius 1 is 0.944 bits per heavy atom. The van der Waals surface area contributed by atoms with Crippen LogP contribution in [0.4, 0.5) is 0 Å². The SMILES string of the molecule is COCCOCCOCCN(CCCN)C(C)C. The number of hydrogen-bond acceptors (Lipinski definition) is 5. The van der Waals surface area contributed by atoms with Crippen LogP contribution in [0.2, 0.25) is 0 Å². The van der Waals surface area contributed by atoms with E-state index in [1.165, 1.54) is 0 Å². The van der Waals surface area contributed by atoms with Crippen LogP contribution >= 0.6 is 0 Å². The number of hydrogen-bond donors (Lipinski definition) is 1. The van der Waals surface area contributed by atoms with Gasteiger partial charge in [0.1, 0.15) is 0 Å². The Morgan fingerprint density at radius 3 is 2.11 bits per heavy atom. The molecule has 0 unspecified atom stereocenters. The molecule has 110 valence electrons. The van der Waals surface area contributed by atoms with Gasteiger partial charge < -0.3 is 19.9 Å². The zero-order chi connectivity index (χ0) is 13.6. The quantitative estimate of drug-likeness (QED) is 0.496. The molecule has 0 aromatic carbocycles. The fraction of sp³-hybridized carbons (Fsp3) is 1.00. The van der Waals surface area contributed by atoms with Gasteiger partial charge in [0.15, 0.2) is 0 Å². The van der Waals surface area contributed by atoms with Crippen molar-refractivity contribution in [2.24, 2.45) is 5.73 Å². The van der Waals surface area contributed by atoms with Crippen molar-refractivity contribution in [3.8, 4) is 0 Å². The van der Waals surface area contributed by atoms with Crippen molar-refractivity contribution >= 4 is 0 Å². The van der Waals surface area contributed by atoms with Crippen molar-refractivity contribution in [3.63, 3.8) is 0 Å². The topological polar surface area (TPSA) is 57.0 Å². The third kappa shape index (κ3) is 10.9. The number of ether oxygens (including phenoxy) is 3. The fourth-order valence-electron chi connectivity index (χ4n) is 1.57. The Balaban J connectivity index is 3.37. The second-order valence-corrected chi connectivity index (χ2v) is 4.49. The van der Waals surface area contributed by atoms with Gasteiger partial charge in [0, 0.05) is 19.7 Å². The van der Waals surface area contributed by atoms with Crippen LogP contribution in [0.1, 0.15) is 20.3 Å². The van der Waals surface area contributed by atoms with Gasteiger partial charge >= 0.3 is 0 Å². The van der Waals surface area contributed by atoms with Crippen molar-refractivity contribution in [2.75, 3.05) is 59.8 Å². The minimum Gasteiger partial charge on any atom is -0.382 e. The van der Waals surface area contributed by atoms with Gasteiger partial charge in [-0.1, -0.05) is 0 Å². The third-order valence-corrected chi connectivity index (χ3v) is 2.71. The van der Waals surface area contributed by atoms with E-state index in [-0.39, 0.29) is 0 Å². The van der Waals surface area contributed by atoms with Crippen molar-refractivity contribution in [3.05, 3.63) is 0 Å². The molecule has 0 fully saturated rings. The lowest BCUT2D eigenvalue weighted by atomic mass is 10.3. The maximum atomic E-state index is 5.54. The maximum Gasteiger partial charge on any atom is 0.0701 e. The average Bonchev–Trinajstić information content (AvgIpc) is 2.35. The first kappa shape index (κ1) is 17.8. The molecule has 0 heterocycles. The third-order valence-electron chi connectivity index (χ3n) is 2.71. The summed E-state index contributed by atoms with van der Waals surface area (Å²) in [5.74, 6) is 0. The molecule has 0 atom stereocenters. The standard InChI is InChI=1S/C13H30N2O3/c1-13(2)15(6-4-5-14)7-8-17-11-12-18-10-9-16-3/h13H,4-12,14H2,1-3H3. The lowest BCUT2D eigenvalue weighted by Gasteiger charge is -2.26. The Labute approximate surface area is 112 Å². The van der Waals surface area contributed by atoms with Crippen LogP contribution in [0.15, 0.2) is 0 Å². The summed E-state index contributed by atoms with van der Waals surface area (Å²) in [5, 5.41) is 0. The largest absolute Gasteiger partial charge is 0.382 e. The highest BCUT2D eigenvalue weighted by molar-refractivity contribution is 4.62. The molecule has 0 radical (unpaired) electrons. The first-order chi connectivity index (χ1) is 8.72. The van der Waals surface area contributed by atoms with Gasteiger partial charge in [0.25, 0.3) is 0 Å². The second-order valence-electron chi connectivity index (χ2n) is 4.49. The summed E-state index contributed by atoms with van der Waals surface area (Å²) in [6.07, 6.45) is 1.04. The summed E-state index contributed by atoms with van der Waals surface area (Å²) in [5.41, 5.74) is 5.53. The molecule has 5 nitrogen and oxygen atoms in total. The van der Waals surface area contributed by atoms with Crippen LogP contribution in [-0.4, -0.2) is 70.7 Å². The zero-order valence-corrected chi connectivity index (χ0v) is 12.2. The van der Waals surface area contributed by atoms with Gasteiger partial charge in [-0.2, -0.15) is 0 Å². The molecule has 0 aliphatic rings. The number of nitrogens with two attached hydrogens (primary N) is 1. The molecule has 0 amide bonds. The monoisotopic (exact) mass is 262 g/mol. The van der Waals surface area contributed by atoms with E-state index in [0.29, 0.717) is 32.5 Å². The van der Waals surface area contributed by atoms with Crippen molar-refractivity contribution in [2.45, 2.75) is 26.3 Å². The van der Waals surface area contributed by atoms with E-state index in [0.717, 1.165) is 32.7 Å². The highest BCUT2D eigenvalue weighted by Crippen LogP contribution is 1.99. The van der Waals surface area contributed by atoms with Gasteiger partial charge in [0.2, 0.25) is 0 Å². The molecule has 0 aromatic heterocycles. The molecule has 2 N–H and O–H groups in total. The molecule has 0 aliphatic heterocycles. The van der Waals surface area contributed by atoms with E-state index in [1.807, 2.05) is 0 Å². The van der Waals surface area contributed by atoms with E-state index in [4.69, 9.17) is 19.9 Å². The smallest absolute Gasteiger partial charge is 0.0701 e. The van der Waals surface area contributed by atoms with Crippen LogP contribution in [0.5, 0.6) is 0 Å². The van der Waals surface area contributed by atoms with Crippen LogP contribution in [0.25, 0.3) is 0 Å². The summed E-state index contributed by atoms with van der Waals surface area (Å²) >= 11 is 0. The highest BCUT2D eigenvalue weighted by atomic mass is 16.5. The van der Waals surface area contributed by atoms with Gasteiger partial charge in [-0.05, 0) is 33.4 Å². The molecule has 5 heteroatoms. The van der Waals surface area contributed by atoms with Crippen LogP contribution in [-0.2, 0) is 14.2 Å². The van der Waals surface area contributed by atoms with Gasteiger partial charge in [-0.15, -0.1) is 0 Å². The number of nitrogens with zero attached hydrogens (tertiary/aromatic N) is 1. The molecule has 0 rings (SSSR count). The lowest BCUT2D eigenvalue weighted by Crippen LogP contribution is -2.35. The van der Waals surface area contributed by atoms with Gasteiger partial charge in [-0.3, -0.25) is 4.90 Å². The van der Waals surface area contributed by atoms with Gasteiger partial charge in [0.05, 0.1) is 33.0 Å². The summed E-state index contributed by atoms with van der Waals surface area (Å²) in [6.45, 7) is 10.4. The molecule has 18 heavy (non-hydrogen) atoms. The molecule has 0 saturated heterocycles. The van der Waals surface area contributed by atoms with Crippen LogP contribution in [0.3, 0.4) is 0 Å². The zero-order valence-electron chi connectivity index (χ0n) is 12.2. The van der Waals surface area contributed by atoms with E-state index < -0.39 is 0 Å². The molecule has 0 aromatic rings. The lowest BCUT2D eigenvalue weighted by molar-refractivity contribution is 0.0175. The molecule has 0 saturated carbocycles. The Kier molecular flexibility index (Phi) is 13.1. The Bertz CT molecular complexity index is 168. The summed E-state index contributed by atoms with van der Waals surface area (Å²) in [4.78, 5) is 2.39. The van der Waals surface area contributed by atoms with E-state index in [1.54, 1.807) is 7.11 Å². The number of methoxy groups -OCH3 is 1. The Hall–Kier alpha value is -0.200.